The zero-order valence-electron chi connectivity index (χ0n) is 15.4. The average molecular weight is 370 g/mol. The van der Waals surface area contributed by atoms with Gasteiger partial charge in [-0.1, -0.05) is 24.3 Å². The zero-order chi connectivity index (χ0) is 19.6. The van der Waals surface area contributed by atoms with Gasteiger partial charge in [0.2, 0.25) is 5.91 Å². The maximum absolute atomic E-state index is 12.9. The number of ether oxygens (including phenoxy) is 1. The number of carbonyl (C=O) groups excluding carboxylic acids is 2. The van der Waals surface area contributed by atoms with Crippen LogP contribution in [-0.4, -0.2) is 25.0 Å². The van der Waals surface area contributed by atoms with Crippen LogP contribution in [0.5, 0.6) is 0 Å². The van der Waals surface area contributed by atoms with Crippen LogP contribution in [0.1, 0.15) is 31.0 Å². The molecule has 2 rings (SSSR count). The summed E-state index contributed by atoms with van der Waals surface area (Å²) in [4.78, 5) is 23.3. The summed E-state index contributed by atoms with van der Waals surface area (Å²) >= 11 is 0. The minimum absolute atomic E-state index is 0.115. The van der Waals surface area contributed by atoms with E-state index in [1.165, 1.54) is 18.2 Å². The number of benzene rings is 2. The third kappa shape index (κ3) is 6.93. The van der Waals surface area contributed by atoms with Gasteiger partial charge in [-0.3, -0.25) is 4.79 Å². The fourth-order valence-corrected chi connectivity index (χ4v) is 2.38. The summed E-state index contributed by atoms with van der Waals surface area (Å²) in [6, 6.07) is 13.1. The van der Waals surface area contributed by atoms with Crippen molar-refractivity contribution >= 4 is 23.6 Å². The van der Waals surface area contributed by atoms with Gasteiger partial charge in [-0.15, -0.1) is 0 Å². The molecule has 0 radical (unpaired) electrons. The first-order valence-corrected chi connectivity index (χ1v) is 8.71. The Hall–Kier alpha value is -3.15. The second-order valence-electron chi connectivity index (χ2n) is 5.90. The second-order valence-corrected chi connectivity index (χ2v) is 5.90. The number of rotatable bonds is 8. The van der Waals surface area contributed by atoms with E-state index in [1.54, 1.807) is 25.1 Å². The largest absolute Gasteiger partial charge is 0.463 e. The fourth-order valence-electron chi connectivity index (χ4n) is 2.38. The highest BCUT2D eigenvalue weighted by Gasteiger charge is 2.09. The predicted molar refractivity (Wildman–Crippen MR) is 104 cm³/mol. The molecule has 0 heterocycles. The number of hydrogen-bond acceptors (Lipinski definition) is 4. The molecule has 0 fully saturated rings. The molecule has 0 saturated carbocycles. The molecule has 0 aliphatic carbocycles. The summed E-state index contributed by atoms with van der Waals surface area (Å²) < 4.78 is 17.8. The van der Waals surface area contributed by atoms with Crippen molar-refractivity contribution in [3.8, 4) is 0 Å². The Labute approximate surface area is 158 Å². The molecule has 1 amide bonds. The zero-order valence-corrected chi connectivity index (χ0v) is 15.4. The van der Waals surface area contributed by atoms with Crippen LogP contribution in [-0.2, 0) is 14.3 Å². The topological polar surface area (TPSA) is 67.4 Å². The van der Waals surface area contributed by atoms with Gasteiger partial charge >= 0.3 is 5.97 Å². The van der Waals surface area contributed by atoms with Crippen molar-refractivity contribution in [1.82, 2.24) is 5.32 Å². The van der Waals surface area contributed by atoms with Gasteiger partial charge in [0.05, 0.1) is 19.2 Å². The Bertz CT molecular complexity index is 786. The summed E-state index contributed by atoms with van der Waals surface area (Å²) in [6.07, 6.45) is 3.04. The Morgan fingerprint density at radius 1 is 1.11 bits per heavy atom. The SMILES string of the molecule is CCOC(=O)/C=C/c1ccc(NCC(=O)NC(C)c2ccc(F)cc2)cc1. The fraction of sp³-hybridized carbons (Fsp3) is 0.238. The lowest BCUT2D eigenvalue weighted by Gasteiger charge is -2.15. The maximum Gasteiger partial charge on any atom is 0.330 e. The number of amides is 1. The molecule has 0 saturated heterocycles. The molecule has 0 aliphatic heterocycles. The normalized spacial score (nSPS) is 11.8. The minimum Gasteiger partial charge on any atom is -0.463 e. The summed E-state index contributed by atoms with van der Waals surface area (Å²) in [7, 11) is 0. The van der Waals surface area contributed by atoms with Crippen LogP contribution in [0, 0.1) is 5.82 Å². The lowest BCUT2D eigenvalue weighted by atomic mass is 10.1. The Morgan fingerprint density at radius 3 is 2.41 bits per heavy atom. The molecule has 1 atom stereocenters. The van der Waals surface area contributed by atoms with Crippen molar-refractivity contribution in [2.24, 2.45) is 0 Å². The maximum atomic E-state index is 12.9. The quantitative estimate of drug-likeness (QED) is 0.549. The lowest BCUT2D eigenvalue weighted by molar-refractivity contribution is -0.137. The highest BCUT2D eigenvalue weighted by molar-refractivity contribution is 5.87. The standard InChI is InChI=1S/C21H23FN2O3/c1-3-27-21(26)13-6-16-4-11-19(12-5-16)23-14-20(25)24-15(2)17-7-9-18(22)10-8-17/h4-13,15,23H,3,14H2,1-2H3,(H,24,25)/b13-6+. The smallest absolute Gasteiger partial charge is 0.330 e. The Morgan fingerprint density at radius 2 is 1.78 bits per heavy atom. The van der Waals surface area contributed by atoms with Crippen molar-refractivity contribution in [3.63, 3.8) is 0 Å². The van der Waals surface area contributed by atoms with Crippen molar-refractivity contribution in [1.29, 1.82) is 0 Å². The van der Waals surface area contributed by atoms with Crippen LogP contribution in [0.4, 0.5) is 10.1 Å². The van der Waals surface area contributed by atoms with E-state index in [9.17, 15) is 14.0 Å². The van der Waals surface area contributed by atoms with E-state index < -0.39 is 0 Å². The first-order chi connectivity index (χ1) is 13.0. The summed E-state index contributed by atoms with van der Waals surface area (Å²) in [5.41, 5.74) is 2.47. The van der Waals surface area contributed by atoms with Crippen molar-refractivity contribution in [3.05, 3.63) is 71.6 Å². The van der Waals surface area contributed by atoms with E-state index >= 15 is 0 Å². The highest BCUT2D eigenvalue weighted by atomic mass is 19.1. The van der Waals surface area contributed by atoms with Gasteiger partial charge in [0.1, 0.15) is 5.82 Å². The monoisotopic (exact) mass is 370 g/mol. The van der Waals surface area contributed by atoms with Gasteiger partial charge < -0.3 is 15.4 Å². The van der Waals surface area contributed by atoms with Gasteiger partial charge in [0.25, 0.3) is 0 Å². The summed E-state index contributed by atoms with van der Waals surface area (Å²) in [6.45, 7) is 4.05. The summed E-state index contributed by atoms with van der Waals surface area (Å²) in [5, 5.41) is 5.89. The van der Waals surface area contributed by atoms with E-state index in [-0.39, 0.29) is 30.3 Å². The van der Waals surface area contributed by atoms with E-state index in [2.05, 4.69) is 10.6 Å². The number of hydrogen-bond donors (Lipinski definition) is 2. The van der Waals surface area contributed by atoms with Gasteiger partial charge in [0, 0.05) is 11.8 Å². The molecular formula is C21H23FN2O3. The van der Waals surface area contributed by atoms with Crippen molar-refractivity contribution < 1.29 is 18.7 Å². The second kappa shape index (κ2) is 10.1. The molecule has 1 unspecified atom stereocenters. The number of nitrogens with one attached hydrogen (secondary N) is 2. The predicted octanol–water partition coefficient (Wildman–Crippen LogP) is 3.69. The molecule has 0 aromatic heterocycles. The number of carbonyl (C=O) groups is 2. The molecule has 2 N–H and O–H groups in total. The molecule has 27 heavy (non-hydrogen) atoms. The average Bonchev–Trinajstić information content (AvgIpc) is 2.66. The Balaban J connectivity index is 1.81. The van der Waals surface area contributed by atoms with Gasteiger partial charge in [-0.2, -0.15) is 0 Å². The van der Waals surface area contributed by atoms with Crippen LogP contribution >= 0.6 is 0 Å². The van der Waals surface area contributed by atoms with E-state index in [1.807, 2.05) is 31.2 Å². The third-order valence-corrected chi connectivity index (χ3v) is 3.81. The van der Waals surface area contributed by atoms with Crippen LogP contribution in [0.15, 0.2) is 54.6 Å². The van der Waals surface area contributed by atoms with E-state index in [4.69, 9.17) is 4.74 Å². The number of halogens is 1. The van der Waals surface area contributed by atoms with Gasteiger partial charge in [0.15, 0.2) is 0 Å². The van der Waals surface area contributed by atoms with E-state index in [0.717, 1.165) is 16.8 Å². The van der Waals surface area contributed by atoms with E-state index in [0.29, 0.717) is 6.61 Å². The molecule has 6 heteroatoms. The first kappa shape index (κ1) is 20.2. The Kier molecular flexibility index (Phi) is 7.55. The van der Waals surface area contributed by atoms with Crippen molar-refractivity contribution in [2.75, 3.05) is 18.5 Å². The molecule has 5 nitrogen and oxygen atoms in total. The van der Waals surface area contributed by atoms with Crippen LogP contribution in [0.25, 0.3) is 6.08 Å². The summed E-state index contributed by atoms with van der Waals surface area (Å²) in [5.74, 6) is -0.857. The van der Waals surface area contributed by atoms with Gasteiger partial charge in [-0.05, 0) is 55.3 Å². The van der Waals surface area contributed by atoms with Crippen LogP contribution in [0.3, 0.4) is 0 Å². The van der Waals surface area contributed by atoms with Crippen LogP contribution in [0.2, 0.25) is 0 Å². The van der Waals surface area contributed by atoms with Gasteiger partial charge in [-0.25, -0.2) is 9.18 Å². The molecular weight excluding hydrogens is 347 g/mol. The third-order valence-electron chi connectivity index (χ3n) is 3.81. The highest BCUT2D eigenvalue weighted by Crippen LogP contribution is 2.13. The number of esters is 1. The van der Waals surface area contributed by atoms with Crippen LogP contribution < -0.4 is 10.6 Å². The molecule has 142 valence electrons. The molecule has 2 aromatic rings. The molecule has 0 spiro atoms. The number of anilines is 1. The molecule has 2 aromatic carbocycles. The first-order valence-electron chi connectivity index (χ1n) is 8.71. The minimum atomic E-state index is -0.383. The van der Waals surface area contributed by atoms with Crippen molar-refractivity contribution in [2.45, 2.75) is 19.9 Å². The molecule has 0 aliphatic rings. The lowest BCUT2D eigenvalue weighted by Crippen LogP contribution is -2.32. The molecule has 0 bridgehead atoms.